The van der Waals surface area contributed by atoms with Crippen molar-refractivity contribution < 1.29 is 28.5 Å². The summed E-state index contributed by atoms with van der Waals surface area (Å²) in [6.07, 6.45) is 0.123. The van der Waals surface area contributed by atoms with Crippen LogP contribution in [0.15, 0.2) is 87.5 Å². The number of hydrogen-bond acceptors (Lipinski definition) is 6. The summed E-state index contributed by atoms with van der Waals surface area (Å²) in [7, 11) is 2.98. The standard InChI is InChI=1S/C14H11F3S2.C12H16OS.C5H10O2/c1-10-2-6-12(7-3-10)18-19-13-8-4-11(5-9-13)14(15,16)17;1-10-2-4-11(5-3-10)14-9-12(8-13)6-7-12;6-3-5(4-7)1-2-5/h2-9H,1H3;2-5,13H,6-9H2,1H3;6-7H,1-4H2. The number of aryl methyl sites for hydroxylation is 2. The number of benzene rings is 3. The zero-order valence-corrected chi connectivity index (χ0v) is 25.2. The van der Waals surface area contributed by atoms with E-state index in [1.807, 2.05) is 43.0 Å². The lowest BCUT2D eigenvalue weighted by Crippen LogP contribution is -2.10. The van der Waals surface area contributed by atoms with Crippen molar-refractivity contribution in [3.63, 3.8) is 0 Å². The van der Waals surface area contributed by atoms with E-state index in [9.17, 15) is 13.2 Å². The summed E-state index contributed by atoms with van der Waals surface area (Å²) in [5.41, 5.74) is 2.08. The smallest absolute Gasteiger partial charge is 0.396 e. The molecule has 0 spiro atoms. The van der Waals surface area contributed by atoms with Crippen molar-refractivity contribution in [3.8, 4) is 0 Å². The van der Waals surface area contributed by atoms with Gasteiger partial charge in [0, 0.05) is 37.9 Å². The fourth-order valence-corrected chi connectivity index (χ4v) is 6.44. The first-order valence-corrected chi connectivity index (χ1v) is 16.3. The van der Waals surface area contributed by atoms with Crippen LogP contribution in [0.2, 0.25) is 0 Å². The van der Waals surface area contributed by atoms with Crippen LogP contribution >= 0.6 is 33.3 Å². The SMILES string of the molecule is Cc1ccc(SCC2(CO)CC2)cc1.Cc1ccc(SSc2ccc(C(F)(F)F)cc2)cc1.OCC1(CO)CC1. The molecule has 9 heteroatoms. The van der Waals surface area contributed by atoms with Crippen molar-refractivity contribution in [1.29, 1.82) is 0 Å². The quantitative estimate of drug-likeness (QED) is 0.167. The van der Waals surface area contributed by atoms with Gasteiger partial charge < -0.3 is 15.3 Å². The number of thioether (sulfide) groups is 1. The summed E-state index contributed by atoms with van der Waals surface area (Å²) < 4.78 is 37.2. The van der Waals surface area contributed by atoms with Gasteiger partial charge in [-0.2, -0.15) is 13.2 Å². The van der Waals surface area contributed by atoms with Crippen molar-refractivity contribution in [2.24, 2.45) is 10.8 Å². The van der Waals surface area contributed by atoms with Gasteiger partial charge in [-0.25, -0.2) is 0 Å². The van der Waals surface area contributed by atoms with E-state index < -0.39 is 11.7 Å². The van der Waals surface area contributed by atoms with E-state index >= 15 is 0 Å². The van der Waals surface area contributed by atoms with E-state index in [-0.39, 0.29) is 24.0 Å². The molecule has 5 rings (SSSR count). The number of alkyl halides is 3. The third kappa shape index (κ3) is 11.0. The Hall–Kier alpha value is -1.62. The summed E-state index contributed by atoms with van der Waals surface area (Å²) in [5, 5.41) is 26.2. The second kappa shape index (κ2) is 15.0. The first-order chi connectivity index (χ1) is 19.0. The topological polar surface area (TPSA) is 60.7 Å². The van der Waals surface area contributed by atoms with Crippen LogP contribution in [-0.4, -0.2) is 40.9 Å². The minimum absolute atomic E-state index is 0.0556. The molecule has 3 aromatic carbocycles. The highest BCUT2D eigenvalue weighted by Gasteiger charge is 2.42. The summed E-state index contributed by atoms with van der Waals surface area (Å²) >= 11 is 1.86. The normalized spacial score (nSPS) is 16.2. The van der Waals surface area contributed by atoms with Gasteiger partial charge in [0.25, 0.3) is 0 Å². The number of hydrogen-bond donors (Lipinski definition) is 3. The highest BCUT2D eigenvalue weighted by atomic mass is 33.1. The first-order valence-electron chi connectivity index (χ1n) is 13.1. The lowest BCUT2D eigenvalue weighted by atomic mass is 10.1. The van der Waals surface area contributed by atoms with E-state index in [1.54, 1.807) is 0 Å². The molecular formula is C31H37F3O3S3. The Kier molecular flexibility index (Phi) is 12.4. The molecule has 0 aliphatic heterocycles. The van der Waals surface area contributed by atoms with E-state index in [0.717, 1.165) is 40.5 Å². The van der Waals surface area contributed by atoms with Gasteiger partial charge in [-0.3, -0.25) is 0 Å². The highest BCUT2D eigenvalue weighted by Crippen LogP contribution is 2.48. The van der Waals surface area contributed by atoms with Crippen LogP contribution in [0.25, 0.3) is 0 Å². The van der Waals surface area contributed by atoms with Crippen molar-refractivity contribution in [2.75, 3.05) is 25.6 Å². The molecule has 0 heterocycles. The van der Waals surface area contributed by atoms with E-state index in [4.69, 9.17) is 15.3 Å². The second-order valence-electron chi connectivity index (χ2n) is 10.6. The van der Waals surface area contributed by atoms with Gasteiger partial charge in [0.2, 0.25) is 0 Å². The summed E-state index contributed by atoms with van der Waals surface area (Å²) in [5.74, 6) is 1.06. The third-order valence-corrected chi connectivity index (χ3v) is 10.7. The molecule has 218 valence electrons. The molecule has 0 atom stereocenters. The Morgan fingerprint density at radius 3 is 1.30 bits per heavy atom. The zero-order valence-electron chi connectivity index (χ0n) is 22.8. The van der Waals surface area contributed by atoms with Crippen molar-refractivity contribution in [3.05, 3.63) is 89.5 Å². The predicted molar refractivity (Wildman–Crippen MR) is 161 cm³/mol. The minimum Gasteiger partial charge on any atom is -0.396 e. The zero-order chi connectivity index (χ0) is 29.2. The number of rotatable bonds is 9. The van der Waals surface area contributed by atoms with E-state index in [1.165, 1.54) is 62.6 Å². The Bertz CT molecular complexity index is 1150. The lowest BCUT2D eigenvalue weighted by Gasteiger charge is -2.10. The fourth-order valence-electron chi connectivity index (χ4n) is 3.33. The molecule has 2 aliphatic rings. The van der Waals surface area contributed by atoms with Gasteiger partial charge in [-0.15, -0.1) is 11.8 Å². The monoisotopic (exact) mass is 610 g/mol. The molecule has 0 bridgehead atoms. The molecular weight excluding hydrogens is 574 g/mol. The number of halogens is 3. The van der Waals surface area contributed by atoms with E-state index in [0.29, 0.717) is 6.61 Å². The fraction of sp³-hybridized carbons (Fsp3) is 0.419. The van der Waals surface area contributed by atoms with Crippen molar-refractivity contribution >= 4 is 33.3 Å². The Balaban J connectivity index is 0.000000183. The largest absolute Gasteiger partial charge is 0.416 e. The Morgan fingerprint density at radius 2 is 0.975 bits per heavy atom. The van der Waals surface area contributed by atoms with Gasteiger partial charge in [-0.05, 0) is 88.1 Å². The Morgan fingerprint density at radius 1 is 0.600 bits per heavy atom. The van der Waals surface area contributed by atoms with Gasteiger partial charge in [0.05, 0.1) is 18.8 Å². The molecule has 40 heavy (non-hydrogen) atoms. The van der Waals surface area contributed by atoms with Gasteiger partial charge in [-0.1, -0.05) is 57.0 Å². The lowest BCUT2D eigenvalue weighted by molar-refractivity contribution is -0.137. The predicted octanol–water partition coefficient (Wildman–Crippen LogP) is 8.42. The van der Waals surface area contributed by atoms with Gasteiger partial charge in [0.15, 0.2) is 0 Å². The maximum absolute atomic E-state index is 12.4. The van der Waals surface area contributed by atoms with Gasteiger partial charge in [0.1, 0.15) is 0 Å². The summed E-state index contributed by atoms with van der Waals surface area (Å²) in [6, 6.07) is 21.8. The van der Waals surface area contributed by atoms with Crippen LogP contribution < -0.4 is 0 Å². The van der Waals surface area contributed by atoms with Gasteiger partial charge >= 0.3 is 6.18 Å². The van der Waals surface area contributed by atoms with Crippen LogP contribution in [0, 0.1) is 24.7 Å². The van der Waals surface area contributed by atoms with Crippen LogP contribution in [-0.2, 0) is 6.18 Å². The van der Waals surface area contributed by atoms with Crippen LogP contribution in [0.5, 0.6) is 0 Å². The molecule has 2 aliphatic carbocycles. The Labute approximate surface area is 247 Å². The summed E-state index contributed by atoms with van der Waals surface area (Å²) in [6.45, 7) is 4.78. The highest BCUT2D eigenvalue weighted by molar-refractivity contribution is 8.76. The molecule has 2 saturated carbocycles. The number of aliphatic hydroxyl groups excluding tert-OH is 3. The van der Waals surface area contributed by atoms with Crippen LogP contribution in [0.3, 0.4) is 0 Å². The molecule has 0 radical (unpaired) electrons. The molecule has 0 amide bonds. The van der Waals surface area contributed by atoms with E-state index in [2.05, 4.69) is 31.2 Å². The molecule has 0 saturated heterocycles. The molecule has 3 aromatic rings. The molecule has 0 unspecified atom stereocenters. The van der Waals surface area contributed by atoms with Crippen molar-refractivity contribution in [2.45, 2.75) is 60.4 Å². The number of aliphatic hydroxyl groups is 3. The molecule has 3 N–H and O–H groups in total. The summed E-state index contributed by atoms with van der Waals surface area (Å²) in [4.78, 5) is 3.20. The third-order valence-electron chi connectivity index (χ3n) is 6.92. The maximum atomic E-state index is 12.4. The van der Waals surface area contributed by atoms with Crippen LogP contribution in [0.4, 0.5) is 13.2 Å². The average Bonchev–Trinajstić information content (AvgIpc) is 3.89. The second-order valence-corrected chi connectivity index (χ2v) is 13.9. The van der Waals surface area contributed by atoms with Crippen molar-refractivity contribution in [1.82, 2.24) is 0 Å². The van der Waals surface area contributed by atoms with Crippen LogP contribution in [0.1, 0.15) is 42.4 Å². The first kappa shape index (κ1) is 32.9. The average molecular weight is 611 g/mol. The maximum Gasteiger partial charge on any atom is 0.416 e. The molecule has 2 fully saturated rings. The molecule has 0 aromatic heterocycles. The minimum atomic E-state index is -4.27. The molecule has 3 nitrogen and oxygen atoms in total.